The fourth-order valence-electron chi connectivity index (χ4n) is 2.61. The van der Waals surface area contributed by atoms with Crippen molar-refractivity contribution in [3.05, 3.63) is 23.8 Å². The summed E-state index contributed by atoms with van der Waals surface area (Å²) in [7, 11) is -3.21. The number of carboxylic acid groups (broad SMARTS) is 1. The topological polar surface area (TPSA) is 74.7 Å². The second-order valence-electron chi connectivity index (χ2n) is 5.34. The van der Waals surface area contributed by atoms with Crippen LogP contribution in [0.4, 0.5) is 5.69 Å². The van der Waals surface area contributed by atoms with Crippen molar-refractivity contribution in [3.8, 4) is 0 Å². The van der Waals surface area contributed by atoms with Crippen LogP contribution in [-0.4, -0.2) is 38.8 Å². The van der Waals surface area contributed by atoms with Gasteiger partial charge in [-0.1, -0.05) is 0 Å². The molecule has 1 saturated heterocycles. The molecule has 0 saturated carbocycles. The van der Waals surface area contributed by atoms with Crippen LogP contribution in [0.1, 0.15) is 18.4 Å². The Labute approximate surface area is 119 Å². The molecule has 1 heterocycles. The van der Waals surface area contributed by atoms with Crippen molar-refractivity contribution in [2.24, 2.45) is 5.92 Å². The van der Waals surface area contributed by atoms with Gasteiger partial charge in [0, 0.05) is 25.0 Å². The van der Waals surface area contributed by atoms with Crippen molar-refractivity contribution in [1.29, 1.82) is 0 Å². The summed E-state index contributed by atoms with van der Waals surface area (Å²) in [5.41, 5.74) is 1.78. The Hall–Kier alpha value is -1.56. The van der Waals surface area contributed by atoms with Crippen LogP contribution in [0.3, 0.4) is 0 Å². The number of rotatable bonds is 3. The van der Waals surface area contributed by atoms with Gasteiger partial charge < -0.3 is 10.0 Å². The van der Waals surface area contributed by atoms with Crippen LogP contribution in [0.25, 0.3) is 0 Å². The van der Waals surface area contributed by atoms with E-state index in [1.807, 2.05) is 11.8 Å². The fraction of sp³-hybridized carbons (Fsp3) is 0.500. The zero-order valence-corrected chi connectivity index (χ0v) is 12.5. The Kier molecular flexibility index (Phi) is 4.04. The van der Waals surface area contributed by atoms with E-state index in [-0.39, 0.29) is 5.92 Å². The standard InChI is InChI=1S/C14H19NO4S/c1-10-8-12(20(2,18)19)5-6-13(10)15-7-3-4-11(9-15)14(16)17/h5-6,8,11H,3-4,7,9H2,1-2H3,(H,16,17)/t11-/m0/s1. The molecule has 110 valence electrons. The number of benzene rings is 1. The molecule has 2 rings (SSSR count). The smallest absolute Gasteiger partial charge is 0.308 e. The van der Waals surface area contributed by atoms with Gasteiger partial charge in [-0.3, -0.25) is 4.79 Å². The van der Waals surface area contributed by atoms with Gasteiger partial charge in [-0.25, -0.2) is 8.42 Å². The van der Waals surface area contributed by atoms with Gasteiger partial charge in [0.1, 0.15) is 0 Å². The molecule has 0 aliphatic carbocycles. The first-order valence-electron chi connectivity index (χ1n) is 6.57. The third kappa shape index (κ3) is 3.12. The monoisotopic (exact) mass is 297 g/mol. The predicted molar refractivity (Wildman–Crippen MR) is 76.9 cm³/mol. The number of hydrogen-bond donors (Lipinski definition) is 1. The zero-order valence-electron chi connectivity index (χ0n) is 11.7. The first-order valence-corrected chi connectivity index (χ1v) is 8.46. The lowest BCUT2D eigenvalue weighted by molar-refractivity contribution is -0.141. The van der Waals surface area contributed by atoms with E-state index in [0.29, 0.717) is 17.9 Å². The Balaban J connectivity index is 2.27. The lowest BCUT2D eigenvalue weighted by Crippen LogP contribution is -2.39. The first kappa shape index (κ1) is 14.8. The molecule has 5 nitrogen and oxygen atoms in total. The number of sulfone groups is 1. The summed E-state index contributed by atoms with van der Waals surface area (Å²) in [6, 6.07) is 5.01. The second kappa shape index (κ2) is 5.44. The summed E-state index contributed by atoms with van der Waals surface area (Å²) in [5, 5.41) is 9.12. The zero-order chi connectivity index (χ0) is 14.9. The molecule has 20 heavy (non-hydrogen) atoms. The van der Waals surface area contributed by atoms with Crippen LogP contribution in [0, 0.1) is 12.8 Å². The molecule has 0 amide bonds. The number of hydrogen-bond acceptors (Lipinski definition) is 4. The number of carbonyl (C=O) groups is 1. The van der Waals surface area contributed by atoms with Crippen LogP contribution in [0.2, 0.25) is 0 Å². The molecule has 1 fully saturated rings. The highest BCUT2D eigenvalue weighted by Crippen LogP contribution is 2.28. The van der Waals surface area contributed by atoms with Gasteiger partial charge in [0.25, 0.3) is 0 Å². The SMILES string of the molecule is Cc1cc(S(C)(=O)=O)ccc1N1CCC[C@H](C(=O)O)C1. The maximum Gasteiger partial charge on any atom is 0.308 e. The summed E-state index contributed by atoms with van der Waals surface area (Å²) in [5.74, 6) is -1.11. The summed E-state index contributed by atoms with van der Waals surface area (Å²) in [6.45, 7) is 3.14. The maximum absolute atomic E-state index is 11.5. The highest BCUT2D eigenvalue weighted by molar-refractivity contribution is 7.90. The van der Waals surface area contributed by atoms with Crippen LogP contribution >= 0.6 is 0 Å². The van der Waals surface area contributed by atoms with Crippen molar-refractivity contribution in [3.63, 3.8) is 0 Å². The van der Waals surface area contributed by atoms with E-state index in [9.17, 15) is 13.2 Å². The minimum atomic E-state index is -3.21. The van der Waals surface area contributed by atoms with Crippen LogP contribution in [-0.2, 0) is 14.6 Å². The molecular formula is C14H19NO4S. The van der Waals surface area contributed by atoms with E-state index in [1.165, 1.54) is 6.26 Å². The van der Waals surface area contributed by atoms with Crippen LogP contribution < -0.4 is 4.90 Å². The molecule has 1 atom stereocenters. The summed E-state index contributed by atoms with van der Waals surface area (Å²) < 4.78 is 23.0. The van der Waals surface area contributed by atoms with Crippen molar-refractivity contribution in [1.82, 2.24) is 0 Å². The highest BCUT2D eigenvalue weighted by Gasteiger charge is 2.26. The minimum Gasteiger partial charge on any atom is -0.481 e. The van der Waals surface area contributed by atoms with Crippen molar-refractivity contribution < 1.29 is 18.3 Å². The molecule has 6 heteroatoms. The number of aryl methyl sites for hydroxylation is 1. The third-order valence-electron chi connectivity index (χ3n) is 3.71. The Bertz CT molecular complexity index is 624. The number of aliphatic carboxylic acids is 1. The van der Waals surface area contributed by atoms with E-state index in [2.05, 4.69) is 0 Å². The van der Waals surface area contributed by atoms with Gasteiger partial charge in [0.15, 0.2) is 9.84 Å². The van der Waals surface area contributed by atoms with E-state index >= 15 is 0 Å². The lowest BCUT2D eigenvalue weighted by atomic mass is 9.97. The number of piperidine rings is 1. The van der Waals surface area contributed by atoms with E-state index in [4.69, 9.17) is 5.11 Å². The highest BCUT2D eigenvalue weighted by atomic mass is 32.2. The molecule has 1 aromatic rings. The number of carboxylic acids is 1. The van der Waals surface area contributed by atoms with E-state index in [0.717, 1.165) is 24.2 Å². The van der Waals surface area contributed by atoms with Gasteiger partial charge in [-0.15, -0.1) is 0 Å². The van der Waals surface area contributed by atoms with Gasteiger partial charge in [-0.05, 0) is 43.5 Å². The van der Waals surface area contributed by atoms with E-state index in [1.54, 1.807) is 18.2 Å². The Morgan fingerprint density at radius 2 is 2.10 bits per heavy atom. The van der Waals surface area contributed by atoms with Crippen LogP contribution in [0.5, 0.6) is 0 Å². The van der Waals surface area contributed by atoms with Crippen molar-refractivity contribution in [2.75, 3.05) is 24.2 Å². The van der Waals surface area contributed by atoms with Gasteiger partial charge >= 0.3 is 5.97 Å². The minimum absolute atomic E-state index is 0.297. The lowest BCUT2D eigenvalue weighted by Gasteiger charge is -2.33. The van der Waals surface area contributed by atoms with E-state index < -0.39 is 15.8 Å². The first-order chi connectivity index (χ1) is 9.29. The molecule has 0 unspecified atom stereocenters. The normalized spacial score (nSPS) is 19.9. The predicted octanol–water partition coefficient (Wildman–Crippen LogP) is 1.70. The molecular weight excluding hydrogens is 278 g/mol. The fourth-order valence-corrected chi connectivity index (χ4v) is 3.32. The quantitative estimate of drug-likeness (QED) is 0.919. The second-order valence-corrected chi connectivity index (χ2v) is 7.36. The molecule has 1 aliphatic heterocycles. The molecule has 1 N–H and O–H groups in total. The molecule has 1 aromatic carbocycles. The summed E-state index contributed by atoms with van der Waals surface area (Å²) >= 11 is 0. The van der Waals surface area contributed by atoms with Crippen LogP contribution in [0.15, 0.2) is 23.1 Å². The Morgan fingerprint density at radius 3 is 2.65 bits per heavy atom. The molecule has 0 radical (unpaired) electrons. The van der Waals surface area contributed by atoms with Gasteiger partial charge in [-0.2, -0.15) is 0 Å². The molecule has 0 spiro atoms. The van der Waals surface area contributed by atoms with Crippen molar-refractivity contribution in [2.45, 2.75) is 24.7 Å². The number of nitrogens with zero attached hydrogens (tertiary/aromatic N) is 1. The largest absolute Gasteiger partial charge is 0.481 e. The number of anilines is 1. The Morgan fingerprint density at radius 1 is 1.40 bits per heavy atom. The van der Waals surface area contributed by atoms with Crippen molar-refractivity contribution >= 4 is 21.5 Å². The average Bonchev–Trinajstić information content (AvgIpc) is 2.37. The van der Waals surface area contributed by atoms with Gasteiger partial charge in [0.05, 0.1) is 10.8 Å². The maximum atomic E-state index is 11.5. The third-order valence-corrected chi connectivity index (χ3v) is 4.82. The molecule has 0 aromatic heterocycles. The molecule has 0 bridgehead atoms. The van der Waals surface area contributed by atoms with Gasteiger partial charge in [0.2, 0.25) is 0 Å². The average molecular weight is 297 g/mol. The summed E-state index contributed by atoms with van der Waals surface area (Å²) in [4.78, 5) is 13.4. The molecule has 1 aliphatic rings. The summed E-state index contributed by atoms with van der Waals surface area (Å²) in [6.07, 6.45) is 2.72.